The Morgan fingerprint density at radius 2 is 1.92 bits per heavy atom. The minimum absolute atomic E-state index is 0.0780. The van der Waals surface area contributed by atoms with Crippen LogP contribution in [0.3, 0.4) is 0 Å². The quantitative estimate of drug-likeness (QED) is 0.742. The maximum absolute atomic E-state index is 12.0. The molecule has 6 heteroatoms. The molecule has 1 N–H and O–H groups in total. The number of carbonyl (C=O) groups is 2. The highest BCUT2D eigenvalue weighted by Crippen LogP contribution is 2.28. The highest BCUT2D eigenvalue weighted by Gasteiger charge is 2.20. The van der Waals surface area contributed by atoms with Crippen molar-refractivity contribution in [1.82, 2.24) is 10.2 Å². The van der Waals surface area contributed by atoms with Crippen molar-refractivity contribution in [1.29, 1.82) is 0 Å². The summed E-state index contributed by atoms with van der Waals surface area (Å²) >= 11 is 0. The molecule has 1 fully saturated rings. The number of benzene rings is 1. The SMILES string of the molecule is CCOc1ccc(CCNC(=O)CN2CCCCC2=O)cc1OCC. The third-order valence-corrected chi connectivity index (χ3v) is 4.10. The highest BCUT2D eigenvalue weighted by atomic mass is 16.5. The van der Waals surface area contributed by atoms with Crippen molar-refractivity contribution < 1.29 is 19.1 Å². The van der Waals surface area contributed by atoms with Gasteiger partial charge in [0, 0.05) is 19.5 Å². The first kappa shape index (κ1) is 19.1. The summed E-state index contributed by atoms with van der Waals surface area (Å²) in [5.41, 5.74) is 1.07. The van der Waals surface area contributed by atoms with Crippen LogP contribution >= 0.6 is 0 Å². The summed E-state index contributed by atoms with van der Waals surface area (Å²) < 4.78 is 11.2. The van der Waals surface area contributed by atoms with Crippen LogP contribution in [0.5, 0.6) is 11.5 Å². The third kappa shape index (κ3) is 5.96. The maximum Gasteiger partial charge on any atom is 0.239 e. The van der Waals surface area contributed by atoms with Crippen molar-refractivity contribution in [3.05, 3.63) is 23.8 Å². The number of ether oxygens (including phenoxy) is 2. The second-order valence-electron chi connectivity index (χ2n) is 6.02. The van der Waals surface area contributed by atoms with E-state index >= 15 is 0 Å². The number of carbonyl (C=O) groups excluding carboxylic acids is 2. The Morgan fingerprint density at radius 3 is 2.64 bits per heavy atom. The van der Waals surface area contributed by atoms with Crippen LogP contribution in [0.25, 0.3) is 0 Å². The zero-order chi connectivity index (χ0) is 18.1. The molecule has 0 saturated carbocycles. The minimum Gasteiger partial charge on any atom is -0.490 e. The van der Waals surface area contributed by atoms with Gasteiger partial charge in [0.05, 0.1) is 19.8 Å². The molecule has 0 radical (unpaired) electrons. The molecular formula is C19H28N2O4. The van der Waals surface area contributed by atoms with E-state index in [0.29, 0.717) is 39.1 Å². The number of likely N-dealkylation sites (tertiary alicyclic amines) is 1. The van der Waals surface area contributed by atoms with E-state index < -0.39 is 0 Å². The van der Waals surface area contributed by atoms with Gasteiger partial charge in [-0.15, -0.1) is 0 Å². The van der Waals surface area contributed by atoms with Crippen LogP contribution < -0.4 is 14.8 Å². The number of amides is 2. The fourth-order valence-corrected chi connectivity index (χ4v) is 2.86. The summed E-state index contributed by atoms with van der Waals surface area (Å²) in [7, 11) is 0. The van der Waals surface area contributed by atoms with Gasteiger partial charge in [-0.25, -0.2) is 0 Å². The lowest BCUT2D eigenvalue weighted by Gasteiger charge is -2.25. The average Bonchev–Trinajstić information content (AvgIpc) is 2.59. The normalized spacial score (nSPS) is 14.3. The first-order valence-electron chi connectivity index (χ1n) is 9.07. The molecule has 1 aliphatic rings. The monoisotopic (exact) mass is 348 g/mol. The number of piperidine rings is 1. The Bertz CT molecular complexity index is 589. The molecular weight excluding hydrogens is 320 g/mol. The number of hydrogen-bond donors (Lipinski definition) is 1. The lowest BCUT2D eigenvalue weighted by Crippen LogP contribution is -2.43. The molecule has 1 saturated heterocycles. The van der Waals surface area contributed by atoms with Gasteiger partial charge in [0.1, 0.15) is 0 Å². The largest absolute Gasteiger partial charge is 0.490 e. The van der Waals surface area contributed by atoms with E-state index in [-0.39, 0.29) is 18.4 Å². The van der Waals surface area contributed by atoms with Gasteiger partial charge >= 0.3 is 0 Å². The van der Waals surface area contributed by atoms with Gasteiger partial charge in [0.2, 0.25) is 11.8 Å². The summed E-state index contributed by atoms with van der Waals surface area (Å²) in [4.78, 5) is 25.4. The molecule has 25 heavy (non-hydrogen) atoms. The minimum atomic E-state index is -0.105. The fourth-order valence-electron chi connectivity index (χ4n) is 2.86. The van der Waals surface area contributed by atoms with E-state index in [0.717, 1.165) is 29.9 Å². The highest BCUT2D eigenvalue weighted by molar-refractivity contribution is 5.85. The molecule has 0 aromatic heterocycles. The molecule has 1 heterocycles. The van der Waals surface area contributed by atoms with Crippen molar-refractivity contribution in [3.8, 4) is 11.5 Å². The van der Waals surface area contributed by atoms with Crippen LogP contribution in [0.4, 0.5) is 0 Å². The maximum atomic E-state index is 12.0. The van der Waals surface area contributed by atoms with Gasteiger partial charge in [0.15, 0.2) is 11.5 Å². The van der Waals surface area contributed by atoms with E-state index in [1.807, 2.05) is 32.0 Å². The molecule has 2 amide bonds. The van der Waals surface area contributed by atoms with Crippen LogP contribution in [-0.2, 0) is 16.0 Å². The van der Waals surface area contributed by atoms with Gasteiger partial charge in [-0.2, -0.15) is 0 Å². The van der Waals surface area contributed by atoms with Crippen LogP contribution in [0.15, 0.2) is 18.2 Å². The number of rotatable bonds is 9. The van der Waals surface area contributed by atoms with Gasteiger partial charge < -0.3 is 19.7 Å². The van der Waals surface area contributed by atoms with E-state index in [1.165, 1.54) is 0 Å². The van der Waals surface area contributed by atoms with E-state index in [4.69, 9.17) is 9.47 Å². The smallest absolute Gasteiger partial charge is 0.239 e. The standard InChI is InChI=1S/C19H28N2O4/c1-3-24-16-9-8-15(13-17(16)25-4-2)10-11-20-18(22)14-21-12-6-5-7-19(21)23/h8-9,13H,3-7,10-12,14H2,1-2H3,(H,20,22). The van der Waals surface area contributed by atoms with Crippen molar-refractivity contribution in [2.24, 2.45) is 0 Å². The molecule has 0 spiro atoms. The number of nitrogens with one attached hydrogen (secondary N) is 1. The predicted octanol–water partition coefficient (Wildman–Crippen LogP) is 2.16. The molecule has 1 aromatic carbocycles. The summed E-state index contributed by atoms with van der Waals surface area (Å²) in [6, 6.07) is 5.83. The van der Waals surface area contributed by atoms with Crippen molar-refractivity contribution in [2.45, 2.75) is 39.5 Å². The van der Waals surface area contributed by atoms with Gasteiger partial charge in [-0.1, -0.05) is 6.07 Å². The summed E-state index contributed by atoms with van der Waals surface area (Å²) in [5.74, 6) is 1.44. The Balaban J connectivity index is 1.81. The second-order valence-corrected chi connectivity index (χ2v) is 6.02. The third-order valence-electron chi connectivity index (χ3n) is 4.10. The van der Waals surface area contributed by atoms with Crippen LogP contribution in [0, 0.1) is 0 Å². The average molecular weight is 348 g/mol. The molecule has 138 valence electrons. The Labute approximate surface area is 149 Å². The zero-order valence-corrected chi connectivity index (χ0v) is 15.2. The Morgan fingerprint density at radius 1 is 1.16 bits per heavy atom. The van der Waals surface area contributed by atoms with Crippen LogP contribution in [0.1, 0.15) is 38.7 Å². The first-order valence-corrected chi connectivity index (χ1v) is 9.07. The van der Waals surface area contributed by atoms with Crippen molar-refractivity contribution >= 4 is 11.8 Å². The Hall–Kier alpha value is -2.24. The van der Waals surface area contributed by atoms with Gasteiger partial charge in [0.25, 0.3) is 0 Å². The number of nitrogens with zero attached hydrogens (tertiary/aromatic N) is 1. The first-order chi connectivity index (χ1) is 12.1. The molecule has 0 aliphatic carbocycles. The number of hydrogen-bond acceptors (Lipinski definition) is 4. The van der Waals surface area contributed by atoms with Crippen molar-refractivity contribution in [2.75, 3.05) is 32.8 Å². The van der Waals surface area contributed by atoms with Gasteiger partial charge in [-0.3, -0.25) is 9.59 Å². The van der Waals surface area contributed by atoms with Gasteiger partial charge in [-0.05, 0) is 50.8 Å². The van der Waals surface area contributed by atoms with Crippen LogP contribution in [-0.4, -0.2) is 49.6 Å². The molecule has 6 nitrogen and oxygen atoms in total. The lowest BCUT2D eigenvalue weighted by molar-refractivity contribution is -0.137. The molecule has 1 aromatic rings. The molecule has 2 rings (SSSR count). The summed E-state index contributed by atoms with van der Waals surface area (Å²) in [6.45, 7) is 6.40. The van der Waals surface area contributed by atoms with E-state index in [1.54, 1.807) is 4.90 Å². The predicted molar refractivity (Wildman–Crippen MR) is 95.9 cm³/mol. The van der Waals surface area contributed by atoms with Crippen LogP contribution in [0.2, 0.25) is 0 Å². The zero-order valence-electron chi connectivity index (χ0n) is 15.2. The molecule has 0 atom stereocenters. The fraction of sp³-hybridized carbons (Fsp3) is 0.579. The summed E-state index contributed by atoms with van der Waals surface area (Å²) in [6.07, 6.45) is 3.16. The molecule has 0 bridgehead atoms. The lowest BCUT2D eigenvalue weighted by atomic mass is 10.1. The van der Waals surface area contributed by atoms with E-state index in [2.05, 4.69) is 5.32 Å². The Kier molecular flexibility index (Phi) is 7.57. The van der Waals surface area contributed by atoms with E-state index in [9.17, 15) is 9.59 Å². The topological polar surface area (TPSA) is 67.9 Å². The summed E-state index contributed by atoms with van der Waals surface area (Å²) in [5, 5.41) is 2.89. The van der Waals surface area contributed by atoms with Crippen molar-refractivity contribution in [3.63, 3.8) is 0 Å². The molecule has 0 unspecified atom stereocenters. The second kappa shape index (κ2) is 9.91. The molecule has 1 aliphatic heterocycles.